The Labute approximate surface area is 302 Å². The molecule has 0 N–H and O–H groups in total. The van der Waals surface area contributed by atoms with Crippen LogP contribution in [-0.4, -0.2) is 0 Å². The summed E-state index contributed by atoms with van der Waals surface area (Å²) in [7, 11) is 0. The third-order valence-corrected chi connectivity index (χ3v) is 10.3. The first-order valence-corrected chi connectivity index (χ1v) is 17.7. The van der Waals surface area contributed by atoms with Crippen molar-refractivity contribution in [2.24, 2.45) is 0 Å². The van der Waals surface area contributed by atoms with Crippen LogP contribution in [0.1, 0.15) is 0 Å². The van der Waals surface area contributed by atoms with Crippen LogP contribution in [0, 0.1) is 0 Å². The van der Waals surface area contributed by atoms with E-state index >= 15 is 0 Å². The molecule has 0 aliphatic carbocycles. The molecule has 1 aromatic heterocycles. The van der Waals surface area contributed by atoms with Gasteiger partial charge < -0.3 is 4.42 Å². The molecule has 0 bridgehead atoms. The normalized spacial score (nSPS) is 11.5. The van der Waals surface area contributed by atoms with Crippen molar-refractivity contribution in [1.82, 2.24) is 0 Å². The largest absolute Gasteiger partial charge is 0.440 e. The lowest BCUT2D eigenvalue weighted by atomic mass is 9.98. The molecule has 0 aliphatic rings. The molecule has 0 saturated heterocycles. The van der Waals surface area contributed by atoms with Crippen LogP contribution in [0.3, 0.4) is 0 Å². The molecule has 0 saturated carbocycles. The van der Waals surface area contributed by atoms with E-state index < -0.39 is 0 Å². The summed E-state index contributed by atoms with van der Waals surface area (Å²) in [5, 5.41) is 8.49. The lowest BCUT2D eigenvalue weighted by Gasteiger charge is -2.23. The Bertz CT molecular complexity index is 2880. The van der Waals surface area contributed by atoms with E-state index in [-0.39, 0.29) is 0 Å². The summed E-state index contributed by atoms with van der Waals surface area (Å²) in [6, 6.07) is 71.7. The van der Waals surface area contributed by atoms with Crippen LogP contribution in [0.2, 0.25) is 0 Å². The smallest absolute Gasteiger partial charge is 0.205 e. The Balaban J connectivity index is 1.01. The summed E-state index contributed by atoms with van der Waals surface area (Å²) in [4.78, 5) is 2.21. The fourth-order valence-corrected chi connectivity index (χ4v) is 7.49. The van der Waals surface area contributed by atoms with E-state index in [4.69, 9.17) is 4.42 Å². The maximum atomic E-state index is 6.63. The maximum Gasteiger partial charge on any atom is 0.205 e. The van der Waals surface area contributed by atoms with Crippen LogP contribution >= 0.6 is 0 Å². The fourth-order valence-electron chi connectivity index (χ4n) is 7.49. The van der Waals surface area contributed by atoms with Gasteiger partial charge >= 0.3 is 0 Å². The Morgan fingerprint density at radius 3 is 1.23 bits per heavy atom. The minimum Gasteiger partial charge on any atom is -0.440 e. The number of nitrogens with zero attached hydrogens (tertiary/aromatic N) is 1. The van der Waals surface area contributed by atoms with Crippen molar-refractivity contribution in [1.29, 1.82) is 0 Å². The van der Waals surface area contributed by atoms with Crippen molar-refractivity contribution in [2.45, 2.75) is 0 Å². The summed E-state index contributed by atoms with van der Waals surface area (Å²) in [6.45, 7) is 0. The predicted molar refractivity (Wildman–Crippen MR) is 220 cm³/mol. The van der Waals surface area contributed by atoms with Crippen molar-refractivity contribution in [2.75, 3.05) is 4.90 Å². The molecule has 244 valence electrons. The maximum absolute atomic E-state index is 6.63. The average Bonchev–Trinajstić information content (AvgIpc) is 3.66. The number of hydrogen-bond donors (Lipinski definition) is 0. The van der Waals surface area contributed by atoms with Crippen LogP contribution in [-0.2, 0) is 0 Å². The zero-order chi connectivity index (χ0) is 34.4. The second kappa shape index (κ2) is 12.5. The second-order valence-corrected chi connectivity index (χ2v) is 13.4. The minimum atomic E-state index is 0.775. The predicted octanol–water partition coefficient (Wildman–Crippen LogP) is 14.4. The zero-order valence-electron chi connectivity index (χ0n) is 28.4. The Morgan fingerprint density at radius 1 is 0.288 bits per heavy atom. The van der Waals surface area contributed by atoms with E-state index in [1.54, 1.807) is 0 Å². The highest BCUT2D eigenvalue weighted by Crippen LogP contribution is 2.41. The number of anilines is 3. The Hall–Kier alpha value is -6.90. The van der Waals surface area contributed by atoms with E-state index in [9.17, 15) is 0 Å². The van der Waals surface area contributed by atoms with Crippen molar-refractivity contribution < 1.29 is 4.42 Å². The van der Waals surface area contributed by atoms with Crippen LogP contribution in [0.15, 0.2) is 205 Å². The quantitative estimate of drug-likeness (QED) is 0.176. The summed E-state index contributed by atoms with van der Waals surface area (Å²) >= 11 is 0. The number of fused-ring (bicyclic) bond motifs is 5. The molecule has 52 heavy (non-hydrogen) atoms. The summed E-state index contributed by atoms with van der Waals surface area (Å²) < 4.78 is 6.63. The highest BCUT2D eigenvalue weighted by Gasteiger charge is 2.19. The molecule has 0 aliphatic heterocycles. The Morgan fingerprint density at radius 2 is 0.692 bits per heavy atom. The van der Waals surface area contributed by atoms with Crippen LogP contribution in [0.5, 0.6) is 0 Å². The first kappa shape index (κ1) is 30.0. The number of furan rings is 1. The van der Waals surface area contributed by atoms with Gasteiger partial charge in [-0.1, -0.05) is 152 Å². The van der Waals surface area contributed by atoms with Gasteiger partial charge in [0.15, 0.2) is 0 Å². The van der Waals surface area contributed by atoms with Gasteiger partial charge in [-0.15, -0.1) is 0 Å². The summed E-state index contributed by atoms with van der Waals surface area (Å²) in [5.41, 5.74) is 10.1. The minimum absolute atomic E-state index is 0.775. The molecule has 10 aromatic rings. The highest BCUT2D eigenvalue weighted by molar-refractivity contribution is 6.07. The van der Waals surface area contributed by atoms with E-state index in [1.807, 2.05) is 0 Å². The highest BCUT2D eigenvalue weighted by atomic mass is 16.4. The van der Waals surface area contributed by atoms with Crippen molar-refractivity contribution in [3.05, 3.63) is 200 Å². The first-order valence-electron chi connectivity index (χ1n) is 17.7. The van der Waals surface area contributed by atoms with Gasteiger partial charge in [0.1, 0.15) is 5.58 Å². The standard InChI is InChI=1S/C50H33NO/c1-3-10-41-31-43(19-17-34(41)7-1)38-15-13-36(14-16-38)37-21-26-45(27-22-37)51(50-33-48-47-12-6-5-9-40(47)25-30-49(48)52-50)46-28-23-39(24-29-46)44-20-18-35-8-2-4-11-42(35)32-44/h1-33H. The van der Waals surface area contributed by atoms with Crippen molar-refractivity contribution in [3.8, 4) is 33.4 Å². The van der Waals surface area contributed by atoms with Gasteiger partial charge in [0.25, 0.3) is 0 Å². The van der Waals surface area contributed by atoms with Crippen molar-refractivity contribution >= 4 is 60.5 Å². The molecule has 9 aromatic carbocycles. The molecule has 10 rings (SSSR count). The molecular formula is C50H33NO. The van der Waals surface area contributed by atoms with Gasteiger partial charge in [0.2, 0.25) is 5.88 Å². The van der Waals surface area contributed by atoms with Gasteiger partial charge in [-0.3, -0.25) is 4.90 Å². The third-order valence-electron chi connectivity index (χ3n) is 10.3. The second-order valence-electron chi connectivity index (χ2n) is 13.4. The van der Waals surface area contributed by atoms with Gasteiger partial charge in [-0.2, -0.15) is 0 Å². The molecule has 0 spiro atoms. The Kier molecular flexibility index (Phi) is 7.18. The first-order chi connectivity index (χ1) is 25.7. The monoisotopic (exact) mass is 663 g/mol. The van der Waals surface area contributed by atoms with Crippen LogP contribution < -0.4 is 4.90 Å². The van der Waals surface area contributed by atoms with Gasteiger partial charge in [-0.05, 0) is 108 Å². The SMILES string of the molecule is c1ccc2cc(-c3ccc(-c4ccc(N(c5ccc(-c6ccc7ccccc7c6)cc5)c5cc6c(ccc7ccccc76)o5)cc4)cc3)ccc2c1. The molecule has 2 nitrogen and oxygen atoms in total. The lowest BCUT2D eigenvalue weighted by molar-refractivity contribution is 0.621. The number of hydrogen-bond acceptors (Lipinski definition) is 2. The summed E-state index contributed by atoms with van der Waals surface area (Å²) in [6.07, 6.45) is 0. The van der Waals surface area contributed by atoms with Crippen molar-refractivity contribution in [3.63, 3.8) is 0 Å². The molecule has 1 heterocycles. The van der Waals surface area contributed by atoms with E-state index in [1.165, 1.54) is 60.1 Å². The topological polar surface area (TPSA) is 16.4 Å². The zero-order valence-corrected chi connectivity index (χ0v) is 28.4. The van der Waals surface area contributed by atoms with E-state index in [0.29, 0.717) is 0 Å². The molecule has 0 amide bonds. The molecule has 0 radical (unpaired) electrons. The molecule has 0 atom stereocenters. The summed E-state index contributed by atoms with van der Waals surface area (Å²) in [5.74, 6) is 0.775. The van der Waals surface area contributed by atoms with Gasteiger partial charge in [0, 0.05) is 22.8 Å². The van der Waals surface area contributed by atoms with Crippen LogP contribution in [0.25, 0.3) is 76.7 Å². The van der Waals surface area contributed by atoms with E-state index in [2.05, 4.69) is 205 Å². The van der Waals surface area contributed by atoms with Gasteiger partial charge in [-0.25, -0.2) is 0 Å². The molecule has 2 heteroatoms. The third kappa shape index (κ3) is 5.39. The number of rotatable bonds is 6. The lowest BCUT2D eigenvalue weighted by Crippen LogP contribution is -2.08. The average molecular weight is 664 g/mol. The molecule has 0 fully saturated rings. The number of benzene rings is 9. The molecule has 0 unspecified atom stereocenters. The fraction of sp³-hybridized carbons (Fsp3) is 0. The van der Waals surface area contributed by atoms with Gasteiger partial charge in [0.05, 0.1) is 0 Å². The van der Waals surface area contributed by atoms with E-state index in [0.717, 1.165) is 33.8 Å². The van der Waals surface area contributed by atoms with Crippen LogP contribution in [0.4, 0.5) is 17.3 Å². The molecular weight excluding hydrogens is 631 g/mol.